The molecule has 0 saturated carbocycles. The fourth-order valence-corrected chi connectivity index (χ4v) is 2.70. The average Bonchev–Trinajstić information content (AvgIpc) is 2.62. The van der Waals surface area contributed by atoms with Crippen molar-refractivity contribution in [2.45, 2.75) is 36.7 Å². The van der Waals surface area contributed by atoms with E-state index < -0.39 is 36.3 Å². The summed E-state index contributed by atoms with van der Waals surface area (Å²) in [4.78, 5) is 13.1. The van der Waals surface area contributed by atoms with Gasteiger partial charge in [-0.1, -0.05) is 0 Å². The summed E-state index contributed by atoms with van der Waals surface area (Å²) in [5, 5.41) is 31.0. The molecule has 0 aliphatic carbocycles. The van der Waals surface area contributed by atoms with E-state index >= 15 is 0 Å². The van der Waals surface area contributed by atoms with E-state index in [0.29, 0.717) is 13.0 Å². The molecule has 8 heteroatoms. The minimum Gasteiger partial charge on any atom is -0.394 e. The zero-order valence-electron chi connectivity index (χ0n) is 10.1. The van der Waals surface area contributed by atoms with Gasteiger partial charge in [0.25, 0.3) is 0 Å². The van der Waals surface area contributed by atoms with Gasteiger partial charge >= 0.3 is 6.03 Å². The number of carbonyl (C=O) groups is 1. The Hall–Kier alpha value is -1.19. The third-order valence-electron chi connectivity index (χ3n) is 3.81. The van der Waals surface area contributed by atoms with Crippen LogP contribution in [0.3, 0.4) is 0 Å². The molecule has 19 heavy (non-hydrogen) atoms. The maximum atomic E-state index is 11.8. The standard InChI is InChI=1S/C11H16N2O6/c14-5-6-8(16)11(2-4-18-11)9(19-6)13-3-1-7(15)12-10(13)17/h1,3,6-9,14-16H,2,4-5H2,(H,12,17)/t6?,7-,8+,9+,11+/m0/s1. The number of rotatable bonds is 2. The highest BCUT2D eigenvalue weighted by molar-refractivity contribution is 5.77. The lowest BCUT2D eigenvalue weighted by molar-refractivity contribution is -0.227. The molecule has 3 aliphatic rings. The number of nitrogens with one attached hydrogen (secondary N) is 1. The van der Waals surface area contributed by atoms with E-state index in [1.165, 1.54) is 17.2 Å². The lowest BCUT2D eigenvalue weighted by Gasteiger charge is -2.46. The Labute approximate surface area is 109 Å². The van der Waals surface area contributed by atoms with Gasteiger partial charge in [0.05, 0.1) is 13.2 Å². The number of urea groups is 1. The van der Waals surface area contributed by atoms with Crippen LogP contribution < -0.4 is 5.32 Å². The Bertz CT molecular complexity index is 410. The van der Waals surface area contributed by atoms with Crippen LogP contribution in [0.1, 0.15) is 6.42 Å². The summed E-state index contributed by atoms with van der Waals surface area (Å²) in [5.41, 5.74) is -1.00. The van der Waals surface area contributed by atoms with Gasteiger partial charge in [0.1, 0.15) is 24.0 Å². The number of hydrogen-bond acceptors (Lipinski definition) is 6. The molecule has 8 nitrogen and oxygen atoms in total. The molecule has 3 heterocycles. The topological polar surface area (TPSA) is 111 Å². The first-order valence-corrected chi connectivity index (χ1v) is 6.12. The number of nitrogens with zero attached hydrogens (tertiary/aromatic N) is 1. The number of aliphatic hydroxyl groups excluding tert-OH is 3. The maximum absolute atomic E-state index is 11.8. The summed E-state index contributed by atoms with van der Waals surface area (Å²) in [6.45, 7) is 0.113. The molecular weight excluding hydrogens is 256 g/mol. The average molecular weight is 272 g/mol. The Kier molecular flexibility index (Phi) is 2.99. The SMILES string of the molecule is O=C1N[C@@H](O)C=CN1[C@@H]1OC(CO)[C@@H](O)[C@]12CCO2. The summed E-state index contributed by atoms with van der Waals surface area (Å²) >= 11 is 0. The lowest BCUT2D eigenvalue weighted by Crippen LogP contribution is -2.64. The molecule has 3 aliphatic heterocycles. The van der Waals surface area contributed by atoms with Gasteiger partial charge in [-0.3, -0.25) is 4.90 Å². The van der Waals surface area contributed by atoms with Crippen LogP contribution in [-0.2, 0) is 9.47 Å². The molecule has 2 fully saturated rings. The number of ether oxygens (including phenoxy) is 2. The highest BCUT2D eigenvalue weighted by Gasteiger charge is 2.63. The summed E-state index contributed by atoms with van der Waals surface area (Å²) in [7, 11) is 0. The first-order valence-electron chi connectivity index (χ1n) is 6.12. The molecule has 0 radical (unpaired) electrons. The Morgan fingerprint density at radius 1 is 1.53 bits per heavy atom. The van der Waals surface area contributed by atoms with Crippen molar-refractivity contribution in [2.75, 3.05) is 13.2 Å². The molecule has 4 N–H and O–H groups in total. The van der Waals surface area contributed by atoms with Crippen LogP contribution in [-0.4, -0.2) is 69.7 Å². The van der Waals surface area contributed by atoms with Gasteiger partial charge in [-0.25, -0.2) is 4.79 Å². The van der Waals surface area contributed by atoms with Crippen LogP contribution in [0.5, 0.6) is 0 Å². The molecule has 1 spiro atoms. The quantitative estimate of drug-likeness (QED) is 0.466. The van der Waals surface area contributed by atoms with E-state index in [4.69, 9.17) is 9.47 Å². The molecule has 0 aromatic rings. The molecule has 5 atom stereocenters. The predicted molar refractivity (Wildman–Crippen MR) is 60.6 cm³/mol. The van der Waals surface area contributed by atoms with Gasteiger partial charge in [0, 0.05) is 12.6 Å². The minimum atomic E-state index is -1.04. The molecule has 2 amide bonds. The van der Waals surface area contributed by atoms with Crippen molar-refractivity contribution in [1.29, 1.82) is 0 Å². The Balaban J connectivity index is 1.87. The van der Waals surface area contributed by atoms with Crippen LogP contribution >= 0.6 is 0 Å². The highest BCUT2D eigenvalue weighted by atomic mass is 16.6. The van der Waals surface area contributed by atoms with Gasteiger partial charge < -0.3 is 30.1 Å². The number of aliphatic hydroxyl groups is 3. The third kappa shape index (κ3) is 1.76. The minimum absolute atomic E-state index is 0.357. The zero-order valence-corrected chi connectivity index (χ0v) is 10.1. The van der Waals surface area contributed by atoms with Crippen LogP contribution in [0.15, 0.2) is 12.3 Å². The molecule has 0 aromatic heterocycles. The maximum Gasteiger partial charge on any atom is 0.325 e. The van der Waals surface area contributed by atoms with Crippen molar-refractivity contribution in [3.8, 4) is 0 Å². The largest absolute Gasteiger partial charge is 0.394 e. The molecule has 2 saturated heterocycles. The Morgan fingerprint density at radius 2 is 2.26 bits per heavy atom. The van der Waals surface area contributed by atoms with Gasteiger partial charge in [-0.15, -0.1) is 0 Å². The van der Waals surface area contributed by atoms with E-state index in [1.807, 2.05) is 0 Å². The van der Waals surface area contributed by atoms with Gasteiger partial charge in [0.2, 0.25) is 0 Å². The van der Waals surface area contributed by atoms with Crippen molar-refractivity contribution >= 4 is 6.03 Å². The van der Waals surface area contributed by atoms with Crippen molar-refractivity contribution in [3.63, 3.8) is 0 Å². The number of carbonyl (C=O) groups excluding carboxylic acids is 1. The van der Waals surface area contributed by atoms with Gasteiger partial charge in [-0.05, 0) is 6.08 Å². The van der Waals surface area contributed by atoms with Crippen LogP contribution in [0.2, 0.25) is 0 Å². The van der Waals surface area contributed by atoms with E-state index in [1.54, 1.807) is 0 Å². The van der Waals surface area contributed by atoms with Crippen molar-refractivity contribution in [2.24, 2.45) is 0 Å². The summed E-state index contributed by atoms with van der Waals surface area (Å²) < 4.78 is 11.0. The predicted octanol–water partition coefficient (Wildman–Crippen LogP) is -1.92. The summed E-state index contributed by atoms with van der Waals surface area (Å²) in [6, 6.07) is -0.541. The first kappa shape index (κ1) is 12.8. The summed E-state index contributed by atoms with van der Waals surface area (Å²) in [5.74, 6) is 0. The number of amides is 2. The third-order valence-corrected chi connectivity index (χ3v) is 3.81. The Morgan fingerprint density at radius 3 is 2.79 bits per heavy atom. The second-order valence-electron chi connectivity index (χ2n) is 4.85. The second-order valence-corrected chi connectivity index (χ2v) is 4.85. The molecule has 0 bridgehead atoms. The molecule has 106 valence electrons. The molecule has 3 rings (SSSR count). The molecular formula is C11H16N2O6. The fourth-order valence-electron chi connectivity index (χ4n) is 2.70. The molecule has 1 unspecified atom stereocenters. The first-order chi connectivity index (χ1) is 9.08. The molecule has 0 aromatic carbocycles. The van der Waals surface area contributed by atoms with E-state index in [9.17, 15) is 20.1 Å². The van der Waals surface area contributed by atoms with E-state index in [2.05, 4.69) is 5.32 Å². The van der Waals surface area contributed by atoms with Crippen LogP contribution in [0.25, 0.3) is 0 Å². The van der Waals surface area contributed by atoms with E-state index in [-0.39, 0.29) is 6.61 Å². The second kappa shape index (κ2) is 4.43. The fraction of sp³-hybridized carbons (Fsp3) is 0.727. The monoisotopic (exact) mass is 272 g/mol. The van der Waals surface area contributed by atoms with E-state index in [0.717, 1.165) is 0 Å². The summed E-state index contributed by atoms with van der Waals surface area (Å²) in [6.07, 6.45) is -0.336. The van der Waals surface area contributed by atoms with Gasteiger partial charge in [0.15, 0.2) is 6.23 Å². The number of hydrogen-bond donors (Lipinski definition) is 4. The zero-order chi connectivity index (χ0) is 13.6. The highest BCUT2D eigenvalue weighted by Crippen LogP contribution is 2.44. The van der Waals surface area contributed by atoms with Crippen molar-refractivity contribution < 1.29 is 29.6 Å². The lowest BCUT2D eigenvalue weighted by atomic mass is 9.86. The van der Waals surface area contributed by atoms with Crippen molar-refractivity contribution in [1.82, 2.24) is 10.2 Å². The van der Waals surface area contributed by atoms with Crippen LogP contribution in [0, 0.1) is 0 Å². The van der Waals surface area contributed by atoms with Crippen molar-refractivity contribution in [3.05, 3.63) is 12.3 Å². The van der Waals surface area contributed by atoms with Crippen LogP contribution in [0.4, 0.5) is 4.79 Å². The van der Waals surface area contributed by atoms with Gasteiger partial charge in [-0.2, -0.15) is 0 Å². The normalized spacial score (nSPS) is 45.4. The smallest absolute Gasteiger partial charge is 0.325 e.